The highest BCUT2D eigenvalue weighted by Crippen LogP contribution is 2.26. The molecule has 0 aliphatic heterocycles. The molecular weight excluding hydrogens is 307 g/mol. The summed E-state index contributed by atoms with van der Waals surface area (Å²) in [6, 6.07) is 4.48. The first-order valence-corrected chi connectivity index (χ1v) is 6.41. The average Bonchev–Trinajstić information content (AvgIpc) is 2.13. The SMILES string of the molecule is Nc1ccc(S(=O)CCC(F)(F)F)c(Br)c1. The third-order valence-corrected chi connectivity index (χ3v) is 4.11. The smallest absolute Gasteiger partial charge is 0.390 e. The maximum absolute atomic E-state index is 11.9. The van der Waals surface area contributed by atoms with Crippen LogP contribution in [0.25, 0.3) is 0 Å². The van der Waals surface area contributed by atoms with E-state index in [0.29, 0.717) is 15.1 Å². The van der Waals surface area contributed by atoms with E-state index in [-0.39, 0.29) is 0 Å². The molecule has 0 saturated carbocycles. The lowest BCUT2D eigenvalue weighted by Gasteiger charge is -2.07. The fraction of sp³-hybridized carbons (Fsp3) is 0.333. The average molecular weight is 316 g/mol. The molecule has 0 radical (unpaired) electrons. The first-order chi connectivity index (χ1) is 7.29. The lowest BCUT2D eigenvalue weighted by molar-refractivity contribution is -0.129. The fourth-order valence-corrected chi connectivity index (χ4v) is 3.09. The third kappa shape index (κ3) is 4.13. The summed E-state index contributed by atoms with van der Waals surface area (Å²) in [5.41, 5.74) is 5.92. The second-order valence-corrected chi connectivity index (χ2v) is 5.50. The number of nitrogens with two attached hydrogens (primary N) is 1. The monoisotopic (exact) mass is 315 g/mol. The number of alkyl halides is 3. The highest BCUT2D eigenvalue weighted by Gasteiger charge is 2.28. The normalized spacial score (nSPS) is 13.8. The van der Waals surface area contributed by atoms with Gasteiger partial charge in [-0.1, -0.05) is 0 Å². The molecule has 0 saturated heterocycles. The molecule has 2 N–H and O–H groups in total. The Labute approximate surface area is 102 Å². The summed E-state index contributed by atoms with van der Waals surface area (Å²) in [6.45, 7) is 0. The van der Waals surface area contributed by atoms with Gasteiger partial charge in [0.2, 0.25) is 0 Å². The Bertz CT molecular complexity index is 408. The van der Waals surface area contributed by atoms with Crippen LogP contribution in [0.4, 0.5) is 18.9 Å². The van der Waals surface area contributed by atoms with Gasteiger partial charge in [-0.2, -0.15) is 13.2 Å². The van der Waals surface area contributed by atoms with Crippen LogP contribution < -0.4 is 5.73 Å². The Hall–Kier alpha value is -0.560. The van der Waals surface area contributed by atoms with Gasteiger partial charge < -0.3 is 5.73 Å². The van der Waals surface area contributed by atoms with Crippen molar-refractivity contribution < 1.29 is 17.4 Å². The summed E-state index contributed by atoms with van der Waals surface area (Å²) in [5.74, 6) is -0.438. The topological polar surface area (TPSA) is 43.1 Å². The van der Waals surface area contributed by atoms with Crippen molar-refractivity contribution in [3.8, 4) is 0 Å². The highest BCUT2D eigenvalue weighted by atomic mass is 79.9. The molecule has 0 aliphatic rings. The molecule has 0 spiro atoms. The molecule has 0 fully saturated rings. The molecule has 7 heteroatoms. The third-order valence-electron chi connectivity index (χ3n) is 1.77. The van der Waals surface area contributed by atoms with Crippen LogP contribution in [0.3, 0.4) is 0 Å². The Morgan fingerprint density at radius 3 is 2.50 bits per heavy atom. The van der Waals surface area contributed by atoms with Crippen LogP contribution in [-0.4, -0.2) is 16.1 Å². The molecule has 0 heterocycles. The molecule has 0 amide bonds. The highest BCUT2D eigenvalue weighted by molar-refractivity contribution is 9.10. The van der Waals surface area contributed by atoms with Gasteiger partial charge in [-0.3, -0.25) is 4.21 Å². The number of halogens is 4. The predicted octanol–water partition coefficient (Wildman–Crippen LogP) is 3.09. The van der Waals surface area contributed by atoms with Gasteiger partial charge in [0.15, 0.2) is 0 Å². The first kappa shape index (κ1) is 13.5. The second kappa shape index (κ2) is 5.18. The minimum Gasteiger partial charge on any atom is -0.399 e. The summed E-state index contributed by atoms with van der Waals surface area (Å²) in [7, 11) is -1.67. The van der Waals surface area contributed by atoms with Gasteiger partial charge in [0, 0.05) is 15.9 Å². The second-order valence-electron chi connectivity index (χ2n) is 3.10. The number of nitrogen functional groups attached to an aromatic ring is 1. The molecule has 0 aliphatic carbocycles. The molecule has 2 nitrogen and oxygen atoms in total. The molecule has 1 unspecified atom stereocenters. The van der Waals surface area contributed by atoms with Crippen LogP contribution in [0, 0.1) is 0 Å². The van der Waals surface area contributed by atoms with E-state index >= 15 is 0 Å². The Morgan fingerprint density at radius 2 is 2.00 bits per heavy atom. The van der Waals surface area contributed by atoms with Crippen molar-refractivity contribution in [3.05, 3.63) is 22.7 Å². The van der Waals surface area contributed by atoms with E-state index in [1.54, 1.807) is 0 Å². The summed E-state index contributed by atoms with van der Waals surface area (Å²) < 4.78 is 47.8. The minimum absolute atomic E-state index is 0.332. The zero-order chi connectivity index (χ0) is 12.3. The van der Waals surface area contributed by atoms with Crippen molar-refractivity contribution in [2.75, 3.05) is 11.5 Å². The molecule has 0 aromatic heterocycles. The van der Waals surface area contributed by atoms with Gasteiger partial charge in [0.25, 0.3) is 0 Å². The van der Waals surface area contributed by atoms with E-state index in [1.807, 2.05) is 0 Å². The number of rotatable bonds is 3. The van der Waals surface area contributed by atoms with E-state index in [9.17, 15) is 17.4 Å². The predicted molar refractivity (Wildman–Crippen MR) is 60.5 cm³/mol. The van der Waals surface area contributed by atoms with Gasteiger partial charge in [0.05, 0.1) is 22.1 Å². The van der Waals surface area contributed by atoms with Crippen LogP contribution in [0.1, 0.15) is 6.42 Å². The van der Waals surface area contributed by atoms with Gasteiger partial charge in [-0.05, 0) is 34.1 Å². The van der Waals surface area contributed by atoms with Crippen molar-refractivity contribution >= 4 is 32.4 Å². The first-order valence-electron chi connectivity index (χ1n) is 4.30. The lowest BCUT2D eigenvalue weighted by atomic mass is 10.3. The summed E-state index contributed by atoms with van der Waals surface area (Å²) in [4.78, 5) is 0.332. The van der Waals surface area contributed by atoms with E-state index in [4.69, 9.17) is 5.73 Å². The maximum Gasteiger partial charge on any atom is 0.390 e. The molecule has 90 valence electrons. The van der Waals surface area contributed by atoms with E-state index in [0.717, 1.165) is 0 Å². The van der Waals surface area contributed by atoms with E-state index in [1.165, 1.54) is 18.2 Å². The maximum atomic E-state index is 11.9. The Balaban J connectivity index is 2.74. The van der Waals surface area contributed by atoms with E-state index < -0.39 is 29.1 Å². The molecule has 16 heavy (non-hydrogen) atoms. The van der Waals surface area contributed by atoms with Crippen molar-refractivity contribution in [2.24, 2.45) is 0 Å². The quantitative estimate of drug-likeness (QED) is 0.871. The summed E-state index contributed by atoms with van der Waals surface area (Å²) in [6.07, 6.45) is -5.34. The largest absolute Gasteiger partial charge is 0.399 e. The molecule has 1 aromatic rings. The van der Waals surface area contributed by atoms with Crippen LogP contribution in [0.5, 0.6) is 0 Å². The van der Waals surface area contributed by atoms with Crippen LogP contribution in [0.15, 0.2) is 27.6 Å². The molecule has 0 bridgehead atoms. The van der Waals surface area contributed by atoms with Crippen molar-refractivity contribution in [1.82, 2.24) is 0 Å². The van der Waals surface area contributed by atoms with Gasteiger partial charge in [-0.15, -0.1) is 0 Å². The van der Waals surface area contributed by atoms with Crippen LogP contribution in [-0.2, 0) is 10.8 Å². The molecule has 1 atom stereocenters. The fourth-order valence-electron chi connectivity index (χ4n) is 1.02. The molecular formula is C9H9BrF3NOS. The zero-order valence-electron chi connectivity index (χ0n) is 8.05. The molecule has 1 aromatic carbocycles. The van der Waals surface area contributed by atoms with Gasteiger partial charge >= 0.3 is 6.18 Å². The van der Waals surface area contributed by atoms with Crippen molar-refractivity contribution in [3.63, 3.8) is 0 Å². The molecule has 1 rings (SSSR count). The van der Waals surface area contributed by atoms with Gasteiger partial charge in [-0.25, -0.2) is 0 Å². The number of hydrogen-bond donors (Lipinski definition) is 1. The zero-order valence-corrected chi connectivity index (χ0v) is 10.5. The number of hydrogen-bond acceptors (Lipinski definition) is 2. The summed E-state index contributed by atoms with van der Waals surface area (Å²) in [5, 5.41) is 0. The Morgan fingerprint density at radius 1 is 1.38 bits per heavy atom. The summed E-state index contributed by atoms with van der Waals surface area (Å²) >= 11 is 3.11. The van der Waals surface area contributed by atoms with Crippen molar-refractivity contribution in [2.45, 2.75) is 17.5 Å². The van der Waals surface area contributed by atoms with E-state index in [2.05, 4.69) is 15.9 Å². The Kier molecular flexibility index (Phi) is 4.37. The van der Waals surface area contributed by atoms with Gasteiger partial charge in [0.1, 0.15) is 0 Å². The number of anilines is 1. The standard InChI is InChI=1S/C9H9BrF3NOS/c10-7-5-6(14)1-2-8(7)16(15)4-3-9(11,12)13/h1-2,5H,3-4,14H2. The lowest BCUT2D eigenvalue weighted by Crippen LogP contribution is -2.13. The number of benzene rings is 1. The van der Waals surface area contributed by atoms with Crippen LogP contribution >= 0.6 is 15.9 Å². The van der Waals surface area contributed by atoms with Crippen molar-refractivity contribution in [1.29, 1.82) is 0 Å². The van der Waals surface area contributed by atoms with Crippen LogP contribution in [0.2, 0.25) is 0 Å². The minimum atomic E-state index is -4.28.